The number of rotatable bonds is 5. The Morgan fingerprint density at radius 3 is 2.84 bits per heavy atom. The monoisotopic (exact) mass is 341 g/mol. The van der Waals surface area contributed by atoms with Crippen LogP contribution in [0.1, 0.15) is 23.2 Å². The Morgan fingerprint density at radius 2 is 2.12 bits per heavy atom. The fourth-order valence-corrected chi connectivity index (χ4v) is 2.40. The number of oxazole rings is 1. The van der Waals surface area contributed by atoms with Gasteiger partial charge in [-0.1, -0.05) is 0 Å². The number of carbonyl (C=O) groups is 1. The summed E-state index contributed by atoms with van der Waals surface area (Å²) >= 11 is 0. The van der Waals surface area contributed by atoms with Crippen LogP contribution >= 0.6 is 0 Å². The molecule has 2 aromatic carbocycles. The molecule has 0 aliphatic carbocycles. The van der Waals surface area contributed by atoms with Gasteiger partial charge in [-0.2, -0.15) is 0 Å². The van der Waals surface area contributed by atoms with Gasteiger partial charge in [0.1, 0.15) is 5.52 Å². The number of nitrogens with one attached hydrogen (secondary N) is 1. The van der Waals surface area contributed by atoms with E-state index in [9.17, 15) is 14.9 Å². The quantitative estimate of drug-likeness (QED) is 0.560. The lowest BCUT2D eigenvalue weighted by Gasteiger charge is -2.07. The van der Waals surface area contributed by atoms with E-state index in [0.29, 0.717) is 29.3 Å². The Kier molecular flexibility index (Phi) is 4.34. The van der Waals surface area contributed by atoms with E-state index in [-0.39, 0.29) is 17.0 Å². The number of aromatic nitrogens is 1. The zero-order chi connectivity index (χ0) is 18.0. The molecular weight excluding hydrogens is 326 g/mol. The average molecular weight is 341 g/mol. The molecule has 3 aromatic rings. The third kappa shape index (κ3) is 3.42. The molecule has 0 radical (unpaired) electrons. The van der Waals surface area contributed by atoms with Crippen LogP contribution in [0.4, 0.5) is 11.4 Å². The summed E-state index contributed by atoms with van der Waals surface area (Å²) in [5.74, 6) is 0.190. The van der Waals surface area contributed by atoms with Gasteiger partial charge in [0.05, 0.1) is 11.5 Å². The van der Waals surface area contributed by atoms with Gasteiger partial charge in [0.2, 0.25) is 0 Å². The number of nitrogens with zero attached hydrogens (tertiary/aromatic N) is 2. The molecule has 1 heterocycles. The molecule has 1 aromatic heterocycles. The second kappa shape index (κ2) is 6.60. The van der Waals surface area contributed by atoms with Crippen molar-refractivity contribution in [2.24, 2.45) is 0 Å². The highest BCUT2D eigenvalue weighted by atomic mass is 16.6. The molecule has 128 valence electrons. The van der Waals surface area contributed by atoms with Crippen molar-refractivity contribution in [3.8, 4) is 5.75 Å². The number of carbonyl (C=O) groups excluding carboxylic acids is 1. The maximum absolute atomic E-state index is 12.4. The predicted molar refractivity (Wildman–Crippen MR) is 91.0 cm³/mol. The van der Waals surface area contributed by atoms with Crippen LogP contribution in [0.5, 0.6) is 5.75 Å². The van der Waals surface area contributed by atoms with Crippen LogP contribution in [0.3, 0.4) is 0 Å². The van der Waals surface area contributed by atoms with Crippen molar-refractivity contribution in [1.82, 2.24) is 4.98 Å². The summed E-state index contributed by atoms with van der Waals surface area (Å²) in [6.45, 7) is 3.76. The molecule has 1 N–H and O–H groups in total. The third-order valence-corrected chi connectivity index (χ3v) is 3.47. The molecule has 0 saturated heterocycles. The fourth-order valence-electron chi connectivity index (χ4n) is 2.40. The maximum Gasteiger partial charge on any atom is 0.311 e. The highest BCUT2D eigenvalue weighted by Gasteiger charge is 2.19. The minimum atomic E-state index is -0.577. The standard InChI is InChI=1S/C17H15N3O5/c1-3-24-16-6-4-11(8-14(16)20(22)23)17(21)19-12-5-7-15-13(9-12)18-10(2)25-15/h4-9H,3H2,1-2H3,(H,19,21). The van der Waals surface area contributed by atoms with E-state index in [2.05, 4.69) is 10.3 Å². The SMILES string of the molecule is CCOc1ccc(C(=O)Nc2ccc3oc(C)nc3c2)cc1[N+](=O)[O-]. The van der Waals surface area contributed by atoms with Crippen molar-refractivity contribution in [3.05, 3.63) is 58.0 Å². The Bertz CT molecular complexity index is 964. The molecule has 0 bridgehead atoms. The van der Waals surface area contributed by atoms with Crippen LogP contribution < -0.4 is 10.1 Å². The normalized spacial score (nSPS) is 10.6. The summed E-state index contributed by atoms with van der Waals surface area (Å²) in [5, 5.41) is 13.8. The molecule has 0 aliphatic rings. The molecule has 0 unspecified atom stereocenters. The van der Waals surface area contributed by atoms with Crippen molar-refractivity contribution in [3.63, 3.8) is 0 Å². The summed E-state index contributed by atoms with van der Waals surface area (Å²) in [6.07, 6.45) is 0. The van der Waals surface area contributed by atoms with Crippen molar-refractivity contribution >= 4 is 28.4 Å². The van der Waals surface area contributed by atoms with Gasteiger partial charge in [0.15, 0.2) is 17.2 Å². The average Bonchev–Trinajstić information content (AvgIpc) is 2.94. The Morgan fingerprint density at radius 1 is 1.32 bits per heavy atom. The third-order valence-electron chi connectivity index (χ3n) is 3.47. The topological polar surface area (TPSA) is 108 Å². The number of nitro benzene ring substituents is 1. The highest BCUT2D eigenvalue weighted by Crippen LogP contribution is 2.28. The first kappa shape index (κ1) is 16.4. The van der Waals surface area contributed by atoms with Crippen molar-refractivity contribution < 1.29 is 18.9 Å². The minimum Gasteiger partial charge on any atom is -0.487 e. The molecular formula is C17H15N3O5. The number of amides is 1. The van der Waals surface area contributed by atoms with E-state index in [1.807, 2.05) is 0 Å². The van der Waals surface area contributed by atoms with Gasteiger partial charge in [-0.05, 0) is 37.3 Å². The first-order chi connectivity index (χ1) is 12.0. The van der Waals surface area contributed by atoms with Gasteiger partial charge in [-0.15, -0.1) is 0 Å². The van der Waals surface area contributed by atoms with Crippen LogP contribution in [0.25, 0.3) is 11.1 Å². The van der Waals surface area contributed by atoms with Crippen LogP contribution in [-0.2, 0) is 0 Å². The van der Waals surface area contributed by atoms with Crippen LogP contribution in [0.15, 0.2) is 40.8 Å². The number of benzene rings is 2. The van der Waals surface area contributed by atoms with Crippen LogP contribution in [-0.4, -0.2) is 22.4 Å². The van der Waals surface area contributed by atoms with E-state index in [0.717, 1.165) is 0 Å². The number of anilines is 1. The van der Waals surface area contributed by atoms with E-state index < -0.39 is 10.8 Å². The summed E-state index contributed by atoms with van der Waals surface area (Å²) in [5.41, 5.74) is 1.66. The molecule has 0 aliphatic heterocycles. The van der Waals surface area contributed by atoms with Crippen molar-refractivity contribution in [1.29, 1.82) is 0 Å². The number of aryl methyl sites for hydroxylation is 1. The second-order valence-electron chi connectivity index (χ2n) is 5.24. The number of ether oxygens (including phenoxy) is 1. The van der Waals surface area contributed by atoms with E-state index in [1.54, 1.807) is 32.0 Å². The van der Waals surface area contributed by atoms with Gasteiger partial charge in [-0.25, -0.2) is 4.98 Å². The molecule has 8 nitrogen and oxygen atoms in total. The smallest absolute Gasteiger partial charge is 0.311 e. The number of hydrogen-bond donors (Lipinski definition) is 1. The lowest BCUT2D eigenvalue weighted by atomic mass is 10.1. The highest BCUT2D eigenvalue weighted by molar-refractivity contribution is 6.05. The number of fused-ring (bicyclic) bond motifs is 1. The van der Waals surface area contributed by atoms with E-state index in [1.165, 1.54) is 18.2 Å². The van der Waals surface area contributed by atoms with E-state index >= 15 is 0 Å². The zero-order valence-corrected chi connectivity index (χ0v) is 13.6. The van der Waals surface area contributed by atoms with Crippen molar-refractivity contribution in [2.45, 2.75) is 13.8 Å². The van der Waals surface area contributed by atoms with Gasteiger partial charge in [0.25, 0.3) is 5.91 Å². The van der Waals surface area contributed by atoms with Gasteiger partial charge < -0.3 is 14.5 Å². The first-order valence-corrected chi connectivity index (χ1v) is 7.57. The van der Waals surface area contributed by atoms with Gasteiger partial charge in [0, 0.05) is 24.2 Å². The van der Waals surface area contributed by atoms with Crippen molar-refractivity contribution in [2.75, 3.05) is 11.9 Å². The Hall–Kier alpha value is -3.42. The largest absolute Gasteiger partial charge is 0.487 e. The fraction of sp³-hybridized carbons (Fsp3) is 0.176. The zero-order valence-electron chi connectivity index (χ0n) is 13.6. The molecule has 8 heteroatoms. The number of nitro groups is 1. The second-order valence-corrected chi connectivity index (χ2v) is 5.24. The van der Waals surface area contributed by atoms with Gasteiger partial charge >= 0.3 is 5.69 Å². The molecule has 3 rings (SSSR count). The van der Waals surface area contributed by atoms with E-state index in [4.69, 9.17) is 9.15 Å². The first-order valence-electron chi connectivity index (χ1n) is 7.57. The number of hydrogen-bond acceptors (Lipinski definition) is 6. The molecule has 25 heavy (non-hydrogen) atoms. The lowest BCUT2D eigenvalue weighted by molar-refractivity contribution is -0.385. The lowest BCUT2D eigenvalue weighted by Crippen LogP contribution is -2.12. The molecule has 0 spiro atoms. The predicted octanol–water partition coefficient (Wildman–Crippen LogP) is 3.70. The molecule has 0 atom stereocenters. The molecule has 0 saturated carbocycles. The summed E-state index contributed by atoms with van der Waals surface area (Å²) in [7, 11) is 0. The minimum absolute atomic E-state index is 0.128. The molecule has 0 fully saturated rings. The van der Waals surface area contributed by atoms with Gasteiger partial charge in [-0.3, -0.25) is 14.9 Å². The summed E-state index contributed by atoms with van der Waals surface area (Å²) in [4.78, 5) is 27.2. The van der Waals surface area contributed by atoms with Crippen LogP contribution in [0, 0.1) is 17.0 Å². The Balaban J connectivity index is 1.86. The summed E-state index contributed by atoms with van der Waals surface area (Å²) < 4.78 is 10.6. The molecule has 1 amide bonds. The Labute approximate surface area is 142 Å². The summed E-state index contributed by atoms with van der Waals surface area (Å²) in [6, 6.07) is 9.14. The maximum atomic E-state index is 12.4. The van der Waals surface area contributed by atoms with Crippen LogP contribution in [0.2, 0.25) is 0 Å².